The van der Waals surface area contributed by atoms with Crippen molar-refractivity contribution in [3.05, 3.63) is 35.4 Å². The summed E-state index contributed by atoms with van der Waals surface area (Å²) in [4.78, 5) is 11.5. The van der Waals surface area contributed by atoms with Gasteiger partial charge in [0.1, 0.15) is 4.75 Å². The fraction of sp³-hybridized carbons (Fsp3) is 0.462. The Morgan fingerprint density at radius 1 is 1.44 bits per heavy atom. The van der Waals surface area contributed by atoms with Crippen LogP contribution in [0.2, 0.25) is 0 Å². The summed E-state index contributed by atoms with van der Waals surface area (Å²) >= 11 is 1.57. The van der Waals surface area contributed by atoms with Gasteiger partial charge >= 0.3 is 5.97 Å². The van der Waals surface area contributed by atoms with Crippen molar-refractivity contribution in [1.82, 2.24) is 0 Å². The van der Waals surface area contributed by atoms with Gasteiger partial charge in [-0.1, -0.05) is 31.2 Å². The minimum absolute atomic E-state index is 0.594. The van der Waals surface area contributed by atoms with Gasteiger partial charge < -0.3 is 5.11 Å². The fourth-order valence-corrected chi connectivity index (χ4v) is 3.53. The lowest BCUT2D eigenvalue weighted by Crippen LogP contribution is -2.41. The van der Waals surface area contributed by atoms with Crippen molar-refractivity contribution in [2.75, 3.05) is 5.75 Å². The normalized spacial score (nSPS) is 23.8. The van der Waals surface area contributed by atoms with E-state index in [-0.39, 0.29) is 0 Å². The average Bonchev–Trinajstić information content (AvgIpc) is 2.29. The van der Waals surface area contributed by atoms with E-state index in [0.29, 0.717) is 6.42 Å². The smallest absolute Gasteiger partial charge is 0.320 e. The van der Waals surface area contributed by atoms with Crippen LogP contribution in [0.4, 0.5) is 0 Å². The number of carboxylic acids is 1. The van der Waals surface area contributed by atoms with E-state index in [9.17, 15) is 9.90 Å². The zero-order valence-electron chi connectivity index (χ0n) is 9.40. The maximum absolute atomic E-state index is 11.5. The Morgan fingerprint density at radius 2 is 2.12 bits per heavy atom. The van der Waals surface area contributed by atoms with Gasteiger partial charge in [0, 0.05) is 0 Å². The van der Waals surface area contributed by atoms with Crippen LogP contribution in [0.25, 0.3) is 0 Å². The van der Waals surface area contributed by atoms with Crippen LogP contribution < -0.4 is 0 Å². The molecule has 0 spiro atoms. The number of hydrogen-bond donors (Lipinski definition) is 1. The van der Waals surface area contributed by atoms with Gasteiger partial charge in [0.05, 0.1) is 0 Å². The molecule has 1 aromatic rings. The molecule has 0 saturated heterocycles. The quantitative estimate of drug-likeness (QED) is 0.876. The number of aryl methyl sites for hydroxylation is 1. The Hall–Kier alpha value is -0.960. The molecular formula is C13H16O2S. The number of rotatable bonds is 3. The minimum atomic E-state index is -0.658. The van der Waals surface area contributed by atoms with E-state index in [1.54, 1.807) is 11.8 Å². The number of hydrogen-bond acceptors (Lipinski definition) is 2. The molecule has 1 unspecified atom stereocenters. The molecule has 0 fully saturated rings. The van der Waals surface area contributed by atoms with E-state index < -0.39 is 10.7 Å². The predicted molar refractivity (Wildman–Crippen MR) is 67.0 cm³/mol. The van der Waals surface area contributed by atoms with Crippen molar-refractivity contribution >= 4 is 17.7 Å². The van der Waals surface area contributed by atoms with Crippen molar-refractivity contribution in [2.45, 2.75) is 30.9 Å². The van der Waals surface area contributed by atoms with E-state index in [4.69, 9.17) is 0 Å². The van der Waals surface area contributed by atoms with Crippen LogP contribution in [-0.4, -0.2) is 21.6 Å². The van der Waals surface area contributed by atoms with Crippen LogP contribution in [0.1, 0.15) is 24.5 Å². The summed E-state index contributed by atoms with van der Waals surface area (Å²) in [5, 5.41) is 9.42. The molecule has 1 aliphatic carbocycles. The third-order valence-electron chi connectivity index (χ3n) is 3.20. The fourth-order valence-electron chi connectivity index (χ4n) is 2.35. The summed E-state index contributed by atoms with van der Waals surface area (Å²) in [6.45, 7) is 2.02. The standard InChI is InChI=1S/C13H16O2S/c1-2-16-13(12(14)15)8-7-10-5-3-4-6-11(10)9-13/h3-6H,2,7-9H2,1H3,(H,14,15). The van der Waals surface area contributed by atoms with Crippen molar-refractivity contribution in [3.8, 4) is 0 Å². The first-order valence-electron chi connectivity index (χ1n) is 5.62. The molecule has 0 amide bonds. The molecule has 3 heteroatoms. The third-order valence-corrected chi connectivity index (χ3v) is 4.57. The Bertz CT molecular complexity index is 403. The van der Waals surface area contributed by atoms with Crippen molar-refractivity contribution in [2.24, 2.45) is 0 Å². The molecule has 1 aromatic carbocycles. The lowest BCUT2D eigenvalue weighted by molar-refractivity contribution is -0.140. The molecule has 0 aromatic heterocycles. The topological polar surface area (TPSA) is 37.3 Å². The van der Waals surface area contributed by atoms with Crippen LogP contribution in [0.5, 0.6) is 0 Å². The van der Waals surface area contributed by atoms with Crippen LogP contribution in [0.15, 0.2) is 24.3 Å². The number of fused-ring (bicyclic) bond motifs is 1. The van der Waals surface area contributed by atoms with Crippen molar-refractivity contribution < 1.29 is 9.90 Å². The van der Waals surface area contributed by atoms with Crippen LogP contribution in [0, 0.1) is 0 Å². The van der Waals surface area contributed by atoms with Crippen molar-refractivity contribution in [3.63, 3.8) is 0 Å². The first-order valence-corrected chi connectivity index (χ1v) is 6.60. The zero-order valence-corrected chi connectivity index (χ0v) is 10.2. The molecule has 16 heavy (non-hydrogen) atoms. The maximum Gasteiger partial charge on any atom is 0.320 e. The predicted octanol–water partition coefficient (Wildman–Crippen LogP) is 2.75. The van der Waals surface area contributed by atoms with Gasteiger partial charge in [-0.05, 0) is 36.1 Å². The van der Waals surface area contributed by atoms with E-state index in [0.717, 1.165) is 18.6 Å². The number of carbonyl (C=O) groups is 1. The van der Waals surface area contributed by atoms with E-state index in [1.165, 1.54) is 11.1 Å². The highest BCUT2D eigenvalue weighted by molar-refractivity contribution is 8.01. The Kier molecular flexibility index (Phi) is 3.24. The number of aliphatic carboxylic acids is 1. The van der Waals surface area contributed by atoms with Gasteiger partial charge in [0.15, 0.2) is 0 Å². The Balaban J connectivity index is 2.31. The molecule has 0 radical (unpaired) electrons. The summed E-state index contributed by atoms with van der Waals surface area (Å²) in [6, 6.07) is 8.19. The summed E-state index contributed by atoms with van der Waals surface area (Å²) in [5.74, 6) is 0.197. The first kappa shape index (κ1) is 11.5. The van der Waals surface area contributed by atoms with Gasteiger partial charge in [-0.3, -0.25) is 4.79 Å². The van der Waals surface area contributed by atoms with Crippen LogP contribution >= 0.6 is 11.8 Å². The summed E-state index contributed by atoms with van der Waals surface area (Å²) in [5.41, 5.74) is 2.52. The van der Waals surface area contributed by atoms with Gasteiger partial charge in [-0.2, -0.15) is 0 Å². The molecule has 1 aliphatic rings. The highest BCUT2D eigenvalue weighted by Crippen LogP contribution is 2.39. The van der Waals surface area contributed by atoms with Gasteiger partial charge in [-0.15, -0.1) is 11.8 Å². The Morgan fingerprint density at radius 3 is 2.75 bits per heavy atom. The molecule has 1 N–H and O–H groups in total. The van der Waals surface area contributed by atoms with Gasteiger partial charge in [-0.25, -0.2) is 0 Å². The zero-order chi connectivity index (χ0) is 11.6. The second kappa shape index (κ2) is 4.50. The molecule has 0 heterocycles. The SMILES string of the molecule is CCSC1(C(=O)O)CCc2ccccc2C1. The van der Waals surface area contributed by atoms with E-state index in [2.05, 4.69) is 12.1 Å². The van der Waals surface area contributed by atoms with E-state index >= 15 is 0 Å². The third kappa shape index (κ3) is 1.96. The first-order chi connectivity index (χ1) is 7.68. The molecule has 0 bridgehead atoms. The summed E-state index contributed by atoms with van der Waals surface area (Å²) in [7, 11) is 0. The summed E-state index contributed by atoms with van der Waals surface area (Å²) in [6.07, 6.45) is 2.30. The molecular weight excluding hydrogens is 220 g/mol. The molecule has 1 atom stereocenters. The van der Waals surface area contributed by atoms with Gasteiger partial charge in [0.2, 0.25) is 0 Å². The lowest BCUT2D eigenvalue weighted by Gasteiger charge is -2.33. The van der Waals surface area contributed by atoms with Crippen LogP contribution in [-0.2, 0) is 17.6 Å². The number of thioether (sulfide) groups is 1. The second-order valence-corrected chi connectivity index (χ2v) is 5.83. The molecule has 86 valence electrons. The maximum atomic E-state index is 11.5. The number of benzene rings is 1. The number of carboxylic acid groups (broad SMARTS) is 1. The van der Waals surface area contributed by atoms with Crippen molar-refractivity contribution in [1.29, 1.82) is 0 Å². The largest absolute Gasteiger partial charge is 0.480 e. The lowest BCUT2D eigenvalue weighted by atomic mass is 9.83. The highest BCUT2D eigenvalue weighted by Gasteiger charge is 2.41. The monoisotopic (exact) mass is 236 g/mol. The minimum Gasteiger partial charge on any atom is -0.480 e. The van der Waals surface area contributed by atoms with E-state index in [1.807, 2.05) is 19.1 Å². The molecule has 2 rings (SSSR count). The molecule has 2 nitrogen and oxygen atoms in total. The van der Waals surface area contributed by atoms with Gasteiger partial charge in [0.25, 0.3) is 0 Å². The Labute approximate surface area is 100 Å². The second-order valence-electron chi connectivity index (χ2n) is 4.18. The molecule has 0 saturated carbocycles. The highest BCUT2D eigenvalue weighted by atomic mass is 32.2. The average molecular weight is 236 g/mol. The summed E-state index contributed by atoms with van der Waals surface area (Å²) < 4.78 is -0.594. The van der Waals surface area contributed by atoms with Crippen LogP contribution in [0.3, 0.4) is 0 Å². The molecule has 0 aliphatic heterocycles.